The molecule has 2 heterocycles. The molecule has 0 saturated carbocycles. The van der Waals surface area contributed by atoms with Crippen molar-refractivity contribution in [2.75, 3.05) is 16.2 Å². The van der Waals surface area contributed by atoms with Gasteiger partial charge in [-0.2, -0.15) is 0 Å². The predicted octanol–water partition coefficient (Wildman–Crippen LogP) is 5.61. The molecule has 2 saturated heterocycles. The molecule has 4 aromatic carbocycles. The number of benzene rings is 4. The first kappa shape index (κ1) is 21.0. The van der Waals surface area contributed by atoms with Crippen molar-refractivity contribution in [1.82, 2.24) is 0 Å². The molecule has 0 aliphatic carbocycles. The molecule has 2 aliphatic heterocycles. The molecule has 4 aromatic rings. The Hall–Kier alpha value is -3.61. The third-order valence-corrected chi connectivity index (χ3v) is 7.33. The molecule has 2 amide bonds. The SMILES string of the molecule is CSc1ccc([C@@H]2[C@H]3C(=O)N(c4cccc5ccccc45)C(=O)[C@@H]3ON2c2ccccc2)cc1. The molecule has 0 spiro atoms. The van der Waals surface area contributed by atoms with Crippen molar-refractivity contribution in [2.45, 2.75) is 17.0 Å². The van der Waals surface area contributed by atoms with E-state index in [9.17, 15) is 9.59 Å². The molecule has 3 atom stereocenters. The normalized spacial score (nSPS) is 22.0. The van der Waals surface area contributed by atoms with Crippen LogP contribution in [0.15, 0.2) is 102 Å². The molecule has 6 heteroatoms. The first-order valence-corrected chi connectivity index (χ1v) is 12.4. The van der Waals surface area contributed by atoms with Crippen molar-refractivity contribution < 1.29 is 14.4 Å². The molecule has 0 unspecified atom stereocenters. The van der Waals surface area contributed by atoms with Crippen molar-refractivity contribution in [3.05, 3.63) is 103 Å². The number of anilines is 2. The van der Waals surface area contributed by atoms with Crippen LogP contribution in [-0.4, -0.2) is 24.2 Å². The Bertz CT molecular complexity index is 1380. The number of para-hydroxylation sites is 1. The quantitative estimate of drug-likeness (QED) is 0.289. The maximum Gasteiger partial charge on any atom is 0.266 e. The van der Waals surface area contributed by atoms with Crippen molar-refractivity contribution in [3.63, 3.8) is 0 Å². The first-order valence-electron chi connectivity index (χ1n) is 11.2. The number of rotatable bonds is 4. The minimum absolute atomic E-state index is 0.233. The standard InChI is InChI=1S/C28H22N2O3S/c1-34-21-16-14-19(15-17-21)25-24-26(33-30(25)20-10-3-2-4-11-20)28(32)29(27(24)31)23-13-7-9-18-8-5-6-12-22(18)23/h2-17,24-26H,1H3/t24-,25-,26-/m1/s1. The number of carbonyl (C=O) groups excluding carboxylic acids is 2. The van der Waals surface area contributed by atoms with E-state index in [1.54, 1.807) is 16.8 Å². The van der Waals surface area contributed by atoms with Crippen molar-refractivity contribution in [3.8, 4) is 0 Å². The lowest BCUT2D eigenvalue weighted by Crippen LogP contribution is -2.37. The molecule has 2 aliphatic rings. The van der Waals surface area contributed by atoms with E-state index in [0.717, 1.165) is 26.9 Å². The first-order chi connectivity index (χ1) is 16.7. The summed E-state index contributed by atoms with van der Waals surface area (Å²) in [5, 5.41) is 3.58. The Morgan fingerprint density at radius 1 is 0.765 bits per heavy atom. The van der Waals surface area contributed by atoms with Gasteiger partial charge in [0.1, 0.15) is 5.92 Å². The number of amides is 2. The van der Waals surface area contributed by atoms with Gasteiger partial charge < -0.3 is 0 Å². The minimum atomic E-state index is -0.878. The zero-order valence-electron chi connectivity index (χ0n) is 18.5. The van der Waals surface area contributed by atoms with Gasteiger partial charge in [-0.05, 0) is 47.5 Å². The van der Waals surface area contributed by atoms with Gasteiger partial charge in [0.25, 0.3) is 5.91 Å². The van der Waals surface area contributed by atoms with E-state index in [2.05, 4.69) is 0 Å². The second-order valence-electron chi connectivity index (χ2n) is 8.44. The van der Waals surface area contributed by atoms with E-state index in [-0.39, 0.29) is 11.8 Å². The van der Waals surface area contributed by atoms with E-state index in [1.807, 2.05) is 103 Å². The van der Waals surface area contributed by atoms with E-state index >= 15 is 0 Å². The average molecular weight is 467 g/mol. The maximum atomic E-state index is 13.9. The van der Waals surface area contributed by atoms with Crippen molar-refractivity contribution in [2.24, 2.45) is 5.92 Å². The van der Waals surface area contributed by atoms with Gasteiger partial charge in [-0.15, -0.1) is 11.8 Å². The molecule has 5 nitrogen and oxygen atoms in total. The topological polar surface area (TPSA) is 49.9 Å². The number of imide groups is 1. The Balaban J connectivity index is 1.45. The molecular formula is C28H22N2O3S. The molecule has 6 rings (SSSR count). The highest BCUT2D eigenvalue weighted by molar-refractivity contribution is 7.98. The third-order valence-electron chi connectivity index (χ3n) is 6.59. The maximum absolute atomic E-state index is 13.9. The monoisotopic (exact) mass is 466 g/mol. The summed E-state index contributed by atoms with van der Waals surface area (Å²) in [4.78, 5) is 36.3. The Morgan fingerprint density at radius 3 is 2.24 bits per heavy atom. The smallest absolute Gasteiger partial charge is 0.266 e. The summed E-state index contributed by atoms with van der Waals surface area (Å²) < 4.78 is 0. The van der Waals surface area contributed by atoms with Crippen LogP contribution in [0, 0.1) is 5.92 Å². The lowest BCUT2D eigenvalue weighted by atomic mass is 9.90. The van der Waals surface area contributed by atoms with Crippen LogP contribution in [0.4, 0.5) is 11.4 Å². The molecular weight excluding hydrogens is 444 g/mol. The van der Waals surface area contributed by atoms with Crippen LogP contribution in [0.25, 0.3) is 10.8 Å². The minimum Gasteiger partial charge on any atom is -0.273 e. The van der Waals surface area contributed by atoms with Gasteiger partial charge in [-0.25, -0.2) is 9.96 Å². The predicted molar refractivity (Wildman–Crippen MR) is 135 cm³/mol. The fourth-order valence-corrected chi connectivity index (χ4v) is 5.40. The van der Waals surface area contributed by atoms with Crippen LogP contribution in [0.1, 0.15) is 11.6 Å². The van der Waals surface area contributed by atoms with Gasteiger partial charge in [0.2, 0.25) is 5.91 Å². The zero-order chi connectivity index (χ0) is 23.2. The second kappa shape index (κ2) is 8.31. The molecule has 0 N–H and O–H groups in total. The number of hydroxylamine groups is 1. The van der Waals surface area contributed by atoms with Gasteiger partial charge >= 0.3 is 0 Å². The van der Waals surface area contributed by atoms with Crippen molar-refractivity contribution >= 4 is 45.7 Å². The highest BCUT2D eigenvalue weighted by atomic mass is 32.2. The number of thioether (sulfide) groups is 1. The average Bonchev–Trinajstić information content (AvgIpc) is 3.40. The van der Waals surface area contributed by atoms with Crippen LogP contribution < -0.4 is 9.96 Å². The number of hydrogen-bond acceptors (Lipinski definition) is 5. The van der Waals surface area contributed by atoms with Gasteiger partial charge in [0.05, 0.1) is 17.4 Å². The lowest BCUT2D eigenvalue weighted by molar-refractivity contribution is -0.126. The van der Waals surface area contributed by atoms with Crippen molar-refractivity contribution in [1.29, 1.82) is 0 Å². The van der Waals surface area contributed by atoms with Gasteiger partial charge in [0, 0.05) is 10.3 Å². The van der Waals surface area contributed by atoms with Gasteiger partial charge in [-0.3, -0.25) is 14.4 Å². The van der Waals surface area contributed by atoms with Crippen LogP contribution in [0.3, 0.4) is 0 Å². The zero-order valence-corrected chi connectivity index (χ0v) is 19.3. The number of nitrogens with zero attached hydrogens (tertiary/aromatic N) is 2. The van der Waals surface area contributed by atoms with Crippen LogP contribution >= 0.6 is 11.8 Å². The molecule has 0 radical (unpaired) electrons. The van der Waals surface area contributed by atoms with Gasteiger partial charge in [0.15, 0.2) is 6.10 Å². The summed E-state index contributed by atoms with van der Waals surface area (Å²) in [6, 6.07) is 30.8. The Kier molecular flexibility index (Phi) is 5.12. The van der Waals surface area contributed by atoms with Crippen LogP contribution in [-0.2, 0) is 14.4 Å². The molecule has 0 aromatic heterocycles. The van der Waals surface area contributed by atoms with Crippen LogP contribution in [0.5, 0.6) is 0 Å². The second-order valence-corrected chi connectivity index (χ2v) is 9.32. The summed E-state index contributed by atoms with van der Waals surface area (Å²) in [6.45, 7) is 0. The number of hydrogen-bond donors (Lipinski definition) is 0. The summed E-state index contributed by atoms with van der Waals surface area (Å²) in [7, 11) is 0. The highest BCUT2D eigenvalue weighted by Crippen LogP contribution is 2.48. The lowest BCUT2D eigenvalue weighted by Gasteiger charge is -2.29. The van der Waals surface area contributed by atoms with E-state index in [4.69, 9.17) is 4.84 Å². The summed E-state index contributed by atoms with van der Waals surface area (Å²) >= 11 is 1.66. The molecule has 2 fully saturated rings. The fraction of sp³-hybridized carbons (Fsp3) is 0.143. The van der Waals surface area contributed by atoms with E-state index in [0.29, 0.717) is 5.69 Å². The van der Waals surface area contributed by atoms with E-state index in [1.165, 1.54) is 4.90 Å². The third kappa shape index (κ3) is 3.22. The Morgan fingerprint density at radius 2 is 1.47 bits per heavy atom. The van der Waals surface area contributed by atoms with Crippen LogP contribution in [0.2, 0.25) is 0 Å². The van der Waals surface area contributed by atoms with Gasteiger partial charge in [-0.1, -0.05) is 66.7 Å². The molecule has 168 valence electrons. The largest absolute Gasteiger partial charge is 0.273 e. The number of carbonyl (C=O) groups is 2. The number of fused-ring (bicyclic) bond motifs is 2. The Labute approximate surface area is 201 Å². The summed E-state index contributed by atoms with van der Waals surface area (Å²) in [5.74, 6) is -1.20. The van der Waals surface area contributed by atoms with E-state index < -0.39 is 18.1 Å². The fourth-order valence-electron chi connectivity index (χ4n) is 4.99. The summed E-state index contributed by atoms with van der Waals surface area (Å²) in [5.41, 5.74) is 2.36. The highest BCUT2D eigenvalue weighted by Gasteiger charge is 2.60. The summed E-state index contributed by atoms with van der Waals surface area (Å²) in [6.07, 6.45) is 1.15. The molecule has 0 bridgehead atoms. The molecule has 34 heavy (non-hydrogen) atoms.